The standard InChI is InChI=1S/C26H21F19N2O6/c1-11(2)15(48)51-8-9-53-17(50)47-14-10-13(5-4-12(14)3)46-16(49)52-7-6-18(27,28)20(30,31)22(34,35)24(38,39)23(36,37)21(32,33)19(29,25(40,41)42)26(43,44)45/h4-5,10H,1,6-9H2,2-3H3,(H,46,49)(H,47,50). The topological polar surface area (TPSA) is 103 Å². The van der Waals surface area contributed by atoms with Crippen molar-refractivity contribution in [3.8, 4) is 0 Å². The largest absolute Gasteiger partial charge is 0.459 e. The van der Waals surface area contributed by atoms with Crippen LogP contribution in [0.2, 0.25) is 0 Å². The van der Waals surface area contributed by atoms with Gasteiger partial charge in [0.2, 0.25) is 0 Å². The van der Waals surface area contributed by atoms with E-state index < -0.39 is 104 Å². The minimum absolute atomic E-state index is 0.0239. The molecule has 304 valence electrons. The summed E-state index contributed by atoms with van der Waals surface area (Å²) < 4.78 is 270. The van der Waals surface area contributed by atoms with Crippen molar-refractivity contribution in [3.63, 3.8) is 0 Å². The summed E-state index contributed by atoms with van der Waals surface area (Å²) in [5.41, 5.74) is -9.18. The smallest absolute Gasteiger partial charge is 0.438 e. The van der Waals surface area contributed by atoms with Gasteiger partial charge >= 0.3 is 71.7 Å². The molecule has 0 aromatic heterocycles. The number of alkyl halides is 19. The predicted octanol–water partition coefficient (Wildman–Crippen LogP) is 9.25. The van der Waals surface area contributed by atoms with Crippen LogP contribution >= 0.6 is 0 Å². The molecule has 0 fully saturated rings. The Hall–Kier alpha value is -4.36. The zero-order valence-electron chi connectivity index (χ0n) is 25.9. The number of rotatable bonds is 15. The number of carbonyl (C=O) groups excluding carboxylic acids is 3. The number of ether oxygens (including phenoxy) is 3. The second kappa shape index (κ2) is 15.2. The number of aryl methyl sites for hydroxylation is 1. The van der Waals surface area contributed by atoms with Crippen LogP contribution in [0.3, 0.4) is 0 Å². The van der Waals surface area contributed by atoms with Crippen molar-refractivity contribution in [1.82, 2.24) is 0 Å². The monoisotopic (exact) mass is 818 g/mol. The first-order valence-electron chi connectivity index (χ1n) is 13.4. The van der Waals surface area contributed by atoms with Crippen LogP contribution in [-0.2, 0) is 19.0 Å². The highest BCUT2D eigenvalue weighted by Crippen LogP contribution is 2.66. The Labute approximate surface area is 282 Å². The molecule has 8 nitrogen and oxygen atoms in total. The molecule has 0 spiro atoms. The highest BCUT2D eigenvalue weighted by Gasteiger charge is 2.98. The quantitative estimate of drug-likeness (QED) is 0.0602. The van der Waals surface area contributed by atoms with Gasteiger partial charge in [-0.3, -0.25) is 10.6 Å². The molecule has 0 radical (unpaired) electrons. The maximum Gasteiger partial charge on any atom is 0.438 e. The van der Waals surface area contributed by atoms with Crippen LogP contribution in [0, 0.1) is 6.92 Å². The van der Waals surface area contributed by atoms with Gasteiger partial charge in [0.05, 0.1) is 13.0 Å². The van der Waals surface area contributed by atoms with Gasteiger partial charge < -0.3 is 14.2 Å². The van der Waals surface area contributed by atoms with E-state index in [1.165, 1.54) is 13.8 Å². The zero-order chi connectivity index (χ0) is 42.0. The van der Waals surface area contributed by atoms with Crippen LogP contribution < -0.4 is 10.6 Å². The average Bonchev–Trinajstić information content (AvgIpc) is 2.98. The Morgan fingerprint density at radius 1 is 0.604 bits per heavy atom. The Bertz CT molecular complexity index is 1510. The third kappa shape index (κ3) is 8.73. The van der Waals surface area contributed by atoms with Gasteiger partial charge in [-0.05, 0) is 31.5 Å². The van der Waals surface area contributed by atoms with Gasteiger partial charge in [0.1, 0.15) is 13.2 Å². The highest BCUT2D eigenvalue weighted by atomic mass is 19.4. The van der Waals surface area contributed by atoms with Crippen LogP contribution in [0.15, 0.2) is 30.4 Å². The number of nitrogens with one attached hydrogen (secondary N) is 2. The number of hydrogen-bond acceptors (Lipinski definition) is 6. The Morgan fingerprint density at radius 2 is 1.02 bits per heavy atom. The van der Waals surface area contributed by atoms with Crippen molar-refractivity contribution in [2.75, 3.05) is 30.5 Å². The maximum absolute atomic E-state index is 14.1. The Kier molecular flexibility index (Phi) is 13.4. The highest BCUT2D eigenvalue weighted by molar-refractivity contribution is 5.89. The molecule has 2 N–H and O–H groups in total. The molecule has 0 atom stereocenters. The molecule has 0 saturated heterocycles. The number of halogens is 19. The van der Waals surface area contributed by atoms with Gasteiger partial charge in [0.15, 0.2) is 0 Å². The number of esters is 1. The Morgan fingerprint density at radius 3 is 1.49 bits per heavy atom. The van der Waals surface area contributed by atoms with Crippen LogP contribution in [0.1, 0.15) is 18.9 Å². The summed E-state index contributed by atoms with van der Waals surface area (Å²) in [4.78, 5) is 35.1. The molecule has 0 saturated carbocycles. The van der Waals surface area contributed by atoms with Crippen molar-refractivity contribution in [2.24, 2.45) is 0 Å². The molecule has 2 amide bonds. The molecule has 0 aliphatic rings. The summed E-state index contributed by atoms with van der Waals surface area (Å²) >= 11 is 0. The van der Waals surface area contributed by atoms with E-state index in [2.05, 4.69) is 21.4 Å². The first kappa shape index (κ1) is 46.7. The minimum Gasteiger partial charge on any atom is -0.459 e. The fourth-order valence-electron chi connectivity index (χ4n) is 3.51. The molecule has 0 aliphatic carbocycles. The minimum atomic E-state index is -9.14. The van der Waals surface area contributed by atoms with Crippen LogP contribution in [-0.4, -0.2) is 91.5 Å². The lowest BCUT2D eigenvalue weighted by Crippen LogP contribution is -2.77. The van der Waals surface area contributed by atoms with E-state index in [1.807, 2.05) is 0 Å². The van der Waals surface area contributed by atoms with E-state index in [-0.39, 0.29) is 16.8 Å². The molecule has 0 aliphatic heterocycles. The summed E-state index contributed by atoms with van der Waals surface area (Å²) in [6, 6.07) is 3.03. The molecular formula is C26H21F19N2O6. The van der Waals surface area contributed by atoms with E-state index in [0.29, 0.717) is 0 Å². The SMILES string of the molecule is C=C(C)C(=O)OCCOC(=O)Nc1cc(NC(=O)OCCC(F)(F)C(F)(F)C(F)(F)C(F)(F)C(F)(F)C(F)(F)C(F)(C(F)(F)F)C(F)(F)F)ccc1C. The third-order valence-corrected chi connectivity index (χ3v) is 6.52. The number of carbonyl (C=O) groups is 3. The normalized spacial score (nSPS) is 14.0. The van der Waals surface area contributed by atoms with Crippen molar-refractivity contribution in [1.29, 1.82) is 0 Å². The molecule has 53 heavy (non-hydrogen) atoms. The summed E-state index contributed by atoms with van der Waals surface area (Å²) in [6.45, 7) is 2.82. The molecule has 27 heteroatoms. The van der Waals surface area contributed by atoms with E-state index in [9.17, 15) is 97.8 Å². The van der Waals surface area contributed by atoms with E-state index in [4.69, 9.17) is 4.74 Å². The van der Waals surface area contributed by atoms with Crippen LogP contribution in [0.25, 0.3) is 0 Å². The molecule has 0 unspecified atom stereocenters. The van der Waals surface area contributed by atoms with Crippen molar-refractivity contribution >= 4 is 29.5 Å². The van der Waals surface area contributed by atoms with E-state index >= 15 is 0 Å². The van der Waals surface area contributed by atoms with Gasteiger partial charge in [-0.25, -0.2) is 18.8 Å². The van der Waals surface area contributed by atoms with Gasteiger partial charge in [-0.2, -0.15) is 79.0 Å². The first-order valence-corrected chi connectivity index (χ1v) is 13.4. The Balaban J connectivity index is 3.11. The molecule has 0 bridgehead atoms. The lowest BCUT2D eigenvalue weighted by molar-refractivity contribution is -0.472. The predicted molar refractivity (Wildman–Crippen MR) is 137 cm³/mol. The zero-order valence-corrected chi connectivity index (χ0v) is 25.9. The lowest BCUT2D eigenvalue weighted by atomic mass is 9.83. The maximum atomic E-state index is 14.1. The molecule has 0 heterocycles. The summed E-state index contributed by atoms with van der Waals surface area (Å²) in [5.74, 6) is -51.7. The van der Waals surface area contributed by atoms with E-state index in [0.717, 1.165) is 18.2 Å². The van der Waals surface area contributed by atoms with E-state index in [1.54, 1.807) is 5.32 Å². The molecule has 1 aromatic rings. The van der Waals surface area contributed by atoms with Gasteiger partial charge in [0.25, 0.3) is 0 Å². The van der Waals surface area contributed by atoms with Crippen molar-refractivity contribution in [2.45, 2.75) is 73.8 Å². The van der Waals surface area contributed by atoms with Crippen LogP contribution in [0.5, 0.6) is 0 Å². The average molecular weight is 818 g/mol. The van der Waals surface area contributed by atoms with Gasteiger partial charge in [0, 0.05) is 16.9 Å². The lowest BCUT2D eigenvalue weighted by Gasteiger charge is -2.45. The summed E-state index contributed by atoms with van der Waals surface area (Å²) in [7, 11) is 0. The van der Waals surface area contributed by atoms with Crippen molar-refractivity contribution < 1.29 is 112 Å². The molecule has 1 aromatic carbocycles. The second-order valence-electron chi connectivity index (χ2n) is 10.4. The summed E-state index contributed by atoms with van der Waals surface area (Å²) in [5, 5.41) is 3.82. The number of benzene rings is 1. The number of hydrogen-bond donors (Lipinski definition) is 2. The number of amides is 2. The third-order valence-electron chi connectivity index (χ3n) is 6.52. The summed E-state index contributed by atoms with van der Waals surface area (Å²) in [6.07, 6.45) is -23.0. The fourth-order valence-corrected chi connectivity index (χ4v) is 3.51. The van der Waals surface area contributed by atoms with Crippen LogP contribution in [0.4, 0.5) is 104 Å². The molecular weight excluding hydrogens is 797 g/mol. The van der Waals surface area contributed by atoms with Gasteiger partial charge in [-0.15, -0.1) is 0 Å². The van der Waals surface area contributed by atoms with Gasteiger partial charge in [-0.1, -0.05) is 12.6 Å². The fraction of sp³-hybridized carbons (Fsp3) is 0.577. The second-order valence-corrected chi connectivity index (χ2v) is 10.4. The molecule has 1 rings (SSSR count). The number of anilines is 2. The first-order chi connectivity index (χ1) is 23.5. The van der Waals surface area contributed by atoms with Crippen molar-refractivity contribution in [3.05, 3.63) is 35.9 Å².